The van der Waals surface area contributed by atoms with Crippen LogP contribution in [0.25, 0.3) is 0 Å². The van der Waals surface area contributed by atoms with Crippen molar-refractivity contribution >= 4 is 5.91 Å². The lowest BCUT2D eigenvalue weighted by Gasteiger charge is -2.10. The number of hydroxylamine groups is 2. The summed E-state index contributed by atoms with van der Waals surface area (Å²) in [6.07, 6.45) is -4.54. The molecule has 1 aromatic heterocycles. The Morgan fingerprint density at radius 3 is 2.60 bits per heavy atom. The van der Waals surface area contributed by atoms with E-state index in [9.17, 15) is 18.0 Å². The molecule has 0 atom stereocenters. The van der Waals surface area contributed by atoms with Crippen LogP contribution in [0.2, 0.25) is 0 Å². The number of halogens is 3. The zero-order chi connectivity index (χ0) is 11.6. The highest BCUT2D eigenvalue weighted by Crippen LogP contribution is 2.27. The number of H-pyrrole nitrogens is 1. The van der Waals surface area contributed by atoms with E-state index in [1.165, 1.54) is 14.2 Å². The topological polar surface area (TPSA) is 58.2 Å². The molecule has 8 heteroatoms. The third-order valence-corrected chi connectivity index (χ3v) is 1.66. The Balaban J connectivity index is 2.90. The van der Waals surface area contributed by atoms with Crippen molar-refractivity contribution in [3.8, 4) is 0 Å². The lowest BCUT2D eigenvalue weighted by atomic mass is 10.3. The lowest BCUT2D eigenvalue weighted by molar-refractivity contribution is -0.141. The predicted molar refractivity (Wildman–Crippen MR) is 42.7 cm³/mol. The van der Waals surface area contributed by atoms with Crippen LogP contribution in [-0.2, 0) is 11.0 Å². The number of aromatic nitrogens is 2. The van der Waals surface area contributed by atoms with Crippen LogP contribution in [0.5, 0.6) is 0 Å². The van der Waals surface area contributed by atoms with E-state index in [0.29, 0.717) is 6.07 Å². The maximum absolute atomic E-state index is 12.1. The molecule has 1 heterocycles. The molecule has 0 spiro atoms. The molecule has 0 aliphatic rings. The maximum atomic E-state index is 12.1. The Kier molecular flexibility index (Phi) is 2.98. The van der Waals surface area contributed by atoms with Gasteiger partial charge in [-0.1, -0.05) is 0 Å². The third kappa shape index (κ3) is 2.46. The molecule has 1 rings (SSSR count). The number of amides is 1. The second kappa shape index (κ2) is 3.89. The number of alkyl halides is 3. The van der Waals surface area contributed by atoms with Crippen LogP contribution in [0, 0.1) is 0 Å². The van der Waals surface area contributed by atoms with E-state index in [0.717, 1.165) is 5.06 Å². The highest BCUT2D eigenvalue weighted by molar-refractivity contribution is 5.91. The van der Waals surface area contributed by atoms with Crippen LogP contribution in [-0.4, -0.2) is 35.3 Å². The van der Waals surface area contributed by atoms with Gasteiger partial charge in [-0.15, -0.1) is 0 Å². The molecule has 0 aliphatic heterocycles. The Bertz CT molecular complexity index is 361. The first kappa shape index (κ1) is 11.5. The van der Waals surface area contributed by atoms with Crippen LogP contribution in [0.3, 0.4) is 0 Å². The fourth-order valence-electron chi connectivity index (χ4n) is 0.821. The van der Waals surface area contributed by atoms with Crippen LogP contribution in [0.4, 0.5) is 13.2 Å². The van der Waals surface area contributed by atoms with Gasteiger partial charge in [-0.25, -0.2) is 5.06 Å². The summed E-state index contributed by atoms with van der Waals surface area (Å²) >= 11 is 0. The van der Waals surface area contributed by atoms with E-state index >= 15 is 0 Å². The number of nitrogens with one attached hydrogen (secondary N) is 1. The monoisotopic (exact) mass is 223 g/mol. The third-order valence-electron chi connectivity index (χ3n) is 1.66. The summed E-state index contributed by atoms with van der Waals surface area (Å²) in [7, 11) is 2.49. The SMILES string of the molecule is CON(C)C(=O)c1cc(C(F)(F)F)[nH]n1. The van der Waals surface area contributed by atoms with Crippen molar-refractivity contribution in [2.45, 2.75) is 6.18 Å². The van der Waals surface area contributed by atoms with Gasteiger partial charge in [-0.05, 0) is 0 Å². The van der Waals surface area contributed by atoms with Gasteiger partial charge in [-0.3, -0.25) is 14.7 Å². The van der Waals surface area contributed by atoms with E-state index in [-0.39, 0.29) is 5.69 Å². The lowest BCUT2D eigenvalue weighted by Crippen LogP contribution is -2.25. The smallest absolute Gasteiger partial charge is 0.274 e. The summed E-state index contributed by atoms with van der Waals surface area (Å²) in [4.78, 5) is 15.8. The average molecular weight is 223 g/mol. The van der Waals surface area contributed by atoms with Crippen LogP contribution in [0.15, 0.2) is 6.07 Å². The molecule has 0 bridgehead atoms. The van der Waals surface area contributed by atoms with E-state index in [2.05, 4.69) is 9.94 Å². The van der Waals surface area contributed by atoms with Crippen LogP contribution < -0.4 is 0 Å². The quantitative estimate of drug-likeness (QED) is 0.762. The van der Waals surface area contributed by atoms with Gasteiger partial charge in [0.2, 0.25) is 0 Å². The van der Waals surface area contributed by atoms with E-state index in [4.69, 9.17) is 0 Å². The van der Waals surface area contributed by atoms with Gasteiger partial charge in [0.25, 0.3) is 5.91 Å². The van der Waals surface area contributed by atoms with Crippen molar-refractivity contribution < 1.29 is 22.8 Å². The Morgan fingerprint density at radius 2 is 2.20 bits per heavy atom. The Morgan fingerprint density at radius 1 is 1.60 bits per heavy atom. The summed E-state index contributed by atoms with van der Waals surface area (Å²) in [5.41, 5.74) is -1.43. The maximum Gasteiger partial charge on any atom is 0.432 e. The zero-order valence-electron chi connectivity index (χ0n) is 7.92. The number of carbonyl (C=O) groups is 1. The number of rotatable bonds is 2. The molecule has 0 fully saturated rings. The predicted octanol–water partition coefficient (Wildman–Crippen LogP) is 1.06. The second-order valence-electron chi connectivity index (χ2n) is 2.65. The number of carbonyl (C=O) groups excluding carboxylic acids is 1. The first-order chi connectivity index (χ1) is 6.86. The Labute approximate surface area is 82.8 Å². The first-order valence-corrected chi connectivity index (χ1v) is 3.81. The highest BCUT2D eigenvalue weighted by Gasteiger charge is 2.34. The number of hydrogen-bond donors (Lipinski definition) is 1. The molecule has 0 radical (unpaired) electrons. The molecule has 0 saturated heterocycles. The molecule has 0 unspecified atom stereocenters. The average Bonchev–Trinajstić information content (AvgIpc) is 2.63. The van der Waals surface area contributed by atoms with Gasteiger partial charge in [0, 0.05) is 13.1 Å². The van der Waals surface area contributed by atoms with Crippen molar-refractivity contribution in [3.05, 3.63) is 17.5 Å². The number of aromatic amines is 1. The molecule has 5 nitrogen and oxygen atoms in total. The van der Waals surface area contributed by atoms with E-state index in [1.807, 2.05) is 0 Å². The van der Waals surface area contributed by atoms with Crippen LogP contribution in [0.1, 0.15) is 16.2 Å². The van der Waals surface area contributed by atoms with Gasteiger partial charge in [0.1, 0.15) is 5.69 Å². The van der Waals surface area contributed by atoms with Gasteiger partial charge in [0.15, 0.2) is 5.69 Å². The van der Waals surface area contributed by atoms with Crippen molar-refractivity contribution in [2.24, 2.45) is 0 Å². The van der Waals surface area contributed by atoms with Gasteiger partial charge in [0.05, 0.1) is 7.11 Å². The molecule has 84 valence electrons. The first-order valence-electron chi connectivity index (χ1n) is 3.81. The summed E-state index contributed by atoms with van der Waals surface area (Å²) in [6, 6.07) is 0.623. The zero-order valence-corrected chi connectivity index (χ0v) is 7.92. The highest BCUT2D eigenvalue weighted by atomic mass is 19.4. The largest absolute Gasteiger partial charge is 0.432 e. The van der Waals surface area contributed by atoms with E-state index in [1.54, 1.807) is 5.10 Å². The Hall–Kier alpha value is -1.57. The molecule has 0 aromatic carbocycles. The van der Waals surface area contributed by atoms with Crippen molar-refractivity contribution in [1.82, 2.24) is 15.3 Å². The minimum Gasteiger partial charge on any atom is -0.274 e. The summed E-state index contributed by atoms with van der Waals surface area (Å²) in [5.74, 6) is -0.760. The minimum atomic E-state index is -4.54. The summed E-state index contributed by atoms with van der Waals surface area (Å²) in [5, 5.41) is 5.74. The van der Waals surface area contributed by atoms with Gasteiger partial charge in [-0.2, -0.15) is 18.3 Å². The second-order valence-corrected chi connectivity index (χ2v) is 2.65. The van der Waals surface area contributed by atoms with E-state index < -0.39 is 17.8 Å². The van der Waals surface area contributed by atoms with Gasteiger partial charge >= 0.3 is 6.18 Å². The van der Waals surface area contributed by atoms with Crippen molar-refractivity contribution in [1.29, 1.82) is 0 Å². The van der Waals surface area contributed by atoms with Crippen LogP contribution >= 0.6 is 0 Å². The van der Waals surface area contributed by atoms with Gasteiger partial charge < -0.3 is 0 Å². The fraction of sp³-hybridized carbons (Fsp3) is 0.429. The molecule has 1 N–H and O–H groups in total. The fourth-order valence-corrected chi connectivity index (χ4v) is 0.821. The number of hydrogen-bond acceptors (Lipinski definition) is 3. The molecule has 0 aliphatic carbocycles. The normalized spacial score (nSPS) is 11.5. The molecule has 15 heavy (non-hydrogen) atoms. The molecule has 0 saturated carbocycles. The number of nitrogens with zero attached hydrogens (tertiary/aromatic N) is 2. The summed E-state index contributed by atoms with van der Waals surface area (Å²) < 4.78 is 36.4. The molecular formula is C7H8F3N3O2. The molecule has 1 amide bonds. The van der Waals surface area contributed by atoms with Crippen molar-refractivity contribution in [2.75, 3.05) is 14.2 Å². The molecule has 1 aromatic rings. The minimum absolute atomic E-state index is 0.355. The summed E-state index contributed by atoms with van der Waals surface area (Å²) in [6.45, 7) is 0. The standard InChI is InChI=1S/C7H8F3N3O2/c1-13(15-2)6(14)4-3-5(12-11-4)7(8,9)10/h3H,1-2H3,(H,11,12). The molecular weight excluding hydrogens is 215 g/mol. The van der Waals surface area contributed by atoms with Crippen molar-refractivity contribution in [3.63, 3.8) is 0 Å².